The van der Waals surface area contributed by atoms with E-state index in [4.69, 9.17) is 13.9 Å². The van der Waals surface area contributed by atoms with Crippen molar-refractivity contribution in [1.29, 1.82) is 0 Å². The van der Waals surface area contributed by atoms with Gasteiger partial charge in [-0.15, -0.1) is 0 Å². The van der Waals surface area contributed by atoms with Gasteiger partial charge >= 0.3 is 5.69 Å². The zero-order chi connectivity index (χ0) is 32.8. The molecule has 46 heavy (non-hydrogen) atoms. The van der Waals surface area contributed by atoms with Crippen LogP contribution in [0, 0.1) is 12.8 Å². The summed E-state index contributed by atoms with van der Waals surface area (Å²) in [6, 6.07) is 30.8. The number of nitrogens with one attached hydrogen (secondary N) is 1. The molecule has 5 rings (SSSR count). The molecule has 0 amide bonds. The summed E-state index contributed by atoms with van der Waals surface area (Å²) in [6.45, 7) is 9.17. The second-order valence-electron chi connectivity index (χ2n) is 13.3. The summed E-state index contributed by atoms with van der Waals surface area (Å²) >= 11 is 0. The van der Waals surface area contributed by atoms with Gasteiger partial charge in [0, 0.05) is 24.8 Å². The molecule has 3 atom stereocenters. The minimum absolute atomic E-state index is 0.0372. The Labute approximate surface area is 272 Å². The summed E-state index contributed by atoms with van der Waals surface area (Å²) in [5, 5.41) is 11.9. The van der Waals surface area contributed by atoms with E-state index in [0.717, 1.165) is 5.56 Å². The van der Waals surface area contributed by atoms with Crippen LogP contribution in [0.15, 0.2) is 107 Å². The number of aromatic amines is 1. The molecule has 1 fully saturated rings. The Balaban J connectivity index is 1.54. The highest BCUT2D eigenvalue weighted by Gasteiger charge is 2.53. The van der Waals surface area contributed by atoms with E-state index < -0.39 is 31.4 Å². The average Bonchev–Trinajstić information content (AvgIpc) is 3.41. The van der Waals surface area contributed by atoms with Gasteiger partial charge < -0.3 is 19.0 Å². The lowest BCUT2D eigenvalue weighted by Gasteiger charge is -2.43. The summed E-state index contributed by atoms with van der Waals surface area (Å²) in [5.41, 5.74) is -0.745. The number of aryl methyl sites for hydroxylation is 1. The van der Waals surface area contributed by atoms with Crippen molar-refractivity contribution >= 4 is 18.7 Å². The lowest BCUT2D eigenvalue weighted by Crippen LogP contribution is -2.67. The Kier molecular flexibility index (Phi) is 10.6. The van der Waals surface area contributed by atoms with E-state index in [0.29, 0.717) is 38.0 Å². The van der Waals surface area contributed by atoms with Gasteiger partial charge in [0.25, 0.3) is 13.9 Å². The monoisotopic (exact) mass is 642 g/mol. The SMILES string of the molecule is Cc1cn([C@@]2(COCc3ccccc3)C[C@H](CCCO)[C@@H](CO[Si](c3ccccc3)(c3ccccc3)C(C)(C)C)O2)c(=O)[nH]c1=O. The Morgan fingerprint density at radius 2 is 1.54 bits per heavy atom. The first-order chi connectivity index (χ1) is 22.1. The van der Waals surface area contributed by atoms with Gasteiger partial charge in [-0.25, -0.2) is 4.79 Å². The minimum Gasteiger partial charge on any atom is -0.405 e. The molecule has 9 heteroatoms. The summed E-state index contributed by atoms with van der Waals surface area (Å²) in [5.74, 6) is -0.0372. The number of hydrogen-bond donors (Lipinski definition) is 2. The molecule has 8 nitrogen and oxygen atoms in total. The molecular weight excluding hydrogens is 597 g/mol. The molecule has 0 bridgehead atoms. The maximum Gasteiger partial charge on any atom is 0.330 e. The van der Waals surface area contributed by atoms with Crippen molar-refractivity contribution in [1.82, 2.24) is 9.55 Å². The first-order valence-corrected chi connectivity index (χ1v) is 18.0. The summed E-state index contributed by atoms with van der Waals surface area (Å²) < 4.78 is 22.0. The zero-order valence-electron chi connectivity index (χ0n) is 27.3. The van der Waals surface area contributed by atoms with Crippen molar-refractivity contribution in [3.63, 3.8) is 0 Å². The van der Waals surface area contributed by atoms with Crippen molar-refractivity contribution in [2.24, 2.45) is 5.92 Å². The van der Waals surface area contributed by atoms with Crippen LogP contribution in [0.5, 0.6) is 0 Å². The Bertz CT molecular complexity index is 1630. The largest absolute Gasteiger partial charge is 0.405 e. The summed E-state index contributed by atoms with van der Waals surface area (Å²) in [7, 11) is -2.88. The molecule has 0 aliphatic carbocycles. The first kappa shape index (κ1) is 33.8. The molecule has 0 saturated carbocycles. The van der Waals surface area contributed by atoms with Crippen LogP contribution >= 0.6 is 0 Å². The van der Waals surface area contributed by atoms with Gasteiger partial charge in [-0.1, -0.05) is 112 Å². The normalized spacial score (nSPS) is 20.2. The van der Waals surface area contributed by atoms with Gasteiger partial charge in [0.05, 0.1) is 25.9 Å². The molecule has 3 aromatic carbocycles. The van der Waals surface area contributed by atoms with E-state index in [-0.39, 0.29) is 24.2 Å². The first-order valence-electron chi connectivity index (χ1n) is 16.1. The number of nitrogens with zero attached hydrogens (tertiary/aromatic N) is 1. The van der Waals surface area contributed by atoms with Crippen molar-refractivity contribution < 1.29 is 19.0 Å². The number of benzene rings is 3. The smallest absolute Gasteiger partial charge is 0.330 e. The second kappa shape index (κ2) is 14.4. The predicted molar refractivity (Wildman–Crippen MR) is 183 cm³/mol. The molecule has 244 valence electrons. The lowest BCUT2D eigenvalue weighted by molar-refractivity contribution is -0.155. The van der Waals surface area contributed by atoms with E-state index in [2.05, 4.69) is 74.3 Å². The van der Waals surface area contributed by atoms with Crippen LogP contribution in [0.2, 0.25) is 5.04 Å². The standard InChI is InChI=1S/C37H46N2O6Si/c1-28-24-39(35(42)38-34(28)41)37(27-43-25-29-15-8-5-9-16-29)23-30(17-14-22-40)33(45-37)26-44-46(36(2,3)4,31-18-10-6-11-19-31)32-20-12-7-13-21-32/h5-13,15-16,18-21,24,30,33,40H,14,17,22-23,25-27H2,1-4H3,(H,38,41,42)/t30-,33+,37-/m0/s1. The number of hydrogen-bond acceptors (Lipinski definition) is 6. The molecule has 0 unspecified atom stereocenters. The highest BCUT2D eigenvalue weighted by Crippen LogP contribution is 2.43. The average molecular weight is 643 g/mol. The Morgan fingerprint density at radius 1 is 0.957 bits per heavy atom. The quantitative estimate of drug-likeness (QED) is 0.209. The van der Waals surface area contributed by atoms with Crippen LogP contribution in [0.4, 0.5) is 0 Å². The molecular formula is C37H46N2O6Si. The fourth-order valence-corrected chi connectivity index (χ4v) is 11.4. The van der Waals surface area contributed by atoms with E-state index in [1.165, 1.54) is 14.9 Å². The highest BCUT2D eigenvalue weighted by molar-refractivity contribution is 6.99. The van der Waals surface area contributed by atoms with Gasteiger partial charge in [0.1, 0.15) is 0 Å². The van der Waals surface area contributed by atoms with Crippen molar-refractivity contribution in [2.45, 2.75) is 70.4 Å². The molecule has 1 saturated heterocycles. The van der Waals surface area contributed by atoms with Gasteiger partial charge in [-0.05, 0) is 46.7 Å². The van der Waals surface area contributed by atoms with Crippen molar-refractivity contribution in [2.75, 3.05) is 19.8 Å². The Hall–Kier alpha value is -3.60. The molecule has 0 radical (unpaired) electrons. The number of aliphatic hydroxyl groups is 1. The minimum atomic E-state index is -2.88. The van der Waals surface area contributed by atoms with E-state index in [1.54, 1.807) is 13.1 Å². The number of ether oxygens (including phenoxy) is 2. The number of aromatic nitrogens is 2. The molecule has 0 spiro atoms. The Morgan fingerprint density at radius 3 is 2.11 bits per heavy atom. The topological polar surface area (TPSA) is 103 Å². The third kappa shape index (κ3) is 7.04. The third-order valence-electron chi connectivity index (χ3n) is 9.09. The fourth-order valence-electron chi connectivity index (χ4n) is 6.84. The molecule has 4 aromatic rings. The molecule has 2 heterocycles. The maximum absolute atomic E-state index is 13.4. The van der Waals surface area contributed by atoms with Crippen LogP contribution in [0.3, 0.4) is 0 Å². The fraction of sp³-hybridized carbons (Fsp3) is 0.405. The lowest BCUT2D eigenvalue weighted by atomic mass is 9.92. The van der Waals surface area contributed by atoms with Crippen LogP contribution < -0.4 is 21.6 Å². The highest BCUT2D eigenvalue weighted by atomic mass is 28.4. The molecule has 1 aliphatic heterocycles. The second-order valence-corrected chi connectivity index (χ2v) is 17.6. The predicted octanol–water partition coefficient (Wildman–Crippen LogP) is 4.47. The van der Waals surface area contributed by atoms with Crippen LogP contribution in [-0.4, -0.2) is 48.9 Å². The van der Waals surface area contributed by atoms with Crippen LogP contribution in [0.25, 0.3) is 0 Å². The van der Waals surface area contributed by atoms with Gasteiger partial charge in [-0.3, -0.25) is 14.3 Å². The van der Waals surface area contributed by atoms with E-state index >= 15 is 0 Å². The molecule has 2 N–H and O–H groups in total. The van der Waals surface area contributed by atoms with Gasteiger partial charge in [-0.2, -0.15) is 0 Å². The number of rotatable bonds is 13. The van der Waals surface area contributed by atoms with Gasteiger partial charge in [0.2, 0.25) is 0 Å². The van der Waals surface area contributed by atoms with E-state index in [1.807, 2.05) is 42.5 Å². The maximum atomic E-state index is 13.4. The summed E-state index contributed by atoms with van der Waals surface area (Å²) in [6.07, 6.45) is 2.91. The third-order valence-corrected chi connectivity index (χ3v) is 14.1. The van der Waals surface area contributed by atoms with Crippen LogP contribution in [0.1, 0.15) is 51.2 Å². The number of H-pyrrole nitrogens is 1. The van der Waals surface area contributed by atoms with Gasteiger partial charge in [0.15, 0.2) is 5.72 Å². The molecule has 1 aliphatic rings. The van der Waals surface area contributed by atoms with Crippen molar-refractivity contribution in [3.8, 4) is 0 Å². The molecule has 1 aromatic heterocycles. The zero-order valence-corrected chi connectivity index (χ0v) is 28.3. The summed E-state index contributed by atoms with van der Waals surface area (Å²) in [4.78, 5) is 28.2. The van der Waals surface area contributed by atoms with Crippen LogP contribution in [-0.2, 0) is 26.2 Å². The number of aliphatic hydroxyl groups excluding tert-OH is 1. The van der Waals surface area contributed by atoms with Crippen molar-refractivity contribution in [3.05, 3.63) is 129 Å². The van der Waals surface area contributed by atoms with E-state index in [9.17, 15) is 14.7 Å².